The van der Waals surface area contributed by atoms with Gasteiger partial charge in [0.2, 0.25) is 5.88 Å². The van der Waals surface area contributed by atoms with Crippen molar-refractivity contribution in [3.8, 4) is 5.88 Å². The van der Waals surface area contributed by atoms with Crippen molar-refractivity contribution in [1.29, 1.82) is 0 Å². The van der Waals surface area contributed by atoms with Gasteiger partial charge in [-0.1, -0.05) is 13.8 Å². The summed E-state index contributed by atoms with van der Waals surface area (Å²) in [5, 5.41) is 3.25. The molecule has 0 atom stereocenters. The van der Waals surface area contributed by atoms with Crippen LogP contribution in [0.4, 0.5) is 5.82 Å². The van der Waals surface area contributed by atoms with Crippen LogP contribution in [0.15, 0.2) is 6.33 Å². The molecule has 0 aromatic carbocycles. The first-order valence-electron chi connectivity index (χ1n) is 6.13. The summed E-state index contributed by atoms with van der Waals surface area (Å²) in [5.41, 5.74) is 0.797. The summed E-state index contributed by atoms with van der Waals surface area (Å²) in [6, 6.07) is 0. The summed E-state index contributed by atoms with van der Waals surface area (Å²) in [5.74, 6) is 1.87. The van der Waals surface area contributed by atoms with E-state index in [1.54, 1.807) is 6.33 Å². The third-order valence-electron chi connectivity index (χ3n) is 2.17. The molecule has 4 heteroatoms. The van der Waals surface area contributed by atoms with Crippen LogP contribution in [-0.4, -0.2) is 22.1 Å². The molecule has 1 aromatic heterocycles. The fourth-order valence-corrected chi connectivity index (χ4v) is 1.58. The molecule has 0 radical (unpaired) electrons. The van der Waals surface area contributed by atoms with E-state index in [-0.39, 0.29) is 5.60 Å². The van der Waals surface area contributed by atoms with Gasteiger partial charge < -0.3 is 10.1 Å². The Balaban J connectivity index is 3.15. The lowest BCUT2D eigenvalue weighted by molar-refractivity contribution is 0.122. The zero-order chi connectivity index (χ0) is 13.1. The van der Waals surface area contributed by atoms with Crippen molar-refractivity contribution in [2.75, 3.05) is 11.9 Å². The smallest absolute Gasteiger partial charge is 0.222 e. The number of ether oxygens (including phenoxy) is 1. The van der Waals surface area contributed by atoms with Crippen LogP contribution in [0, 0.1) is 0 Å². The van der Waals surface area contributed by atoms with Gasteiger partial charge in [0.15, 0.2) is 0 Å². The Bertz CT molecular complexity index is 369. The molecule has 96 valence electrons. The molecule has 0 fully saturated rings. The van der Waals surface area contributed by atoms with E-state index < -0.39 is 0 Å². The molecule has 0 amide bonds. The van der Waals surface area contributed by atoms with Crippen LogP contribution in [-0.2, 0) is 0 Å². The fraction of sp³-hybridized carbons (Fsp3) is 0.692. The number of anilines is 1. The number of hydrogen-bond acceptors (Lipinski definition) is 4. The van der Waals surface area contributed by atoms with Crippen molar-refractivity contribution in [1.82, 2.24) is 9.97 Å². The molecule has 0 saturated carbocycles. The maximum Gasteiger partial charge on any atom is 0.222 e. The van der Waals surface area contributed by atoms with E-state index in [1.807, 2.05) is 20.8 Å². The molecule has 0 bridgehead atoms. The van der Waals surface area contributed by atoms with E-state index in [0.717, 1.165) is 17.9 Å². The van der Waals surface area contributed by atoms with Gasteiger partial charge >= 0.3 is 0 Å². The fourth-order valence-electron chi connectivity index (χ4n) is 1.58. The van der Waals surface area contributed by atoms with Crippen LogP contribution in [0.2, 0.25) is 0 Å². The molecule has 1 N–H and O–H groups in total. The van der Waals surface area contributed by atoms with Gasteiger partial charge in [0.05, 0.1) is 5.56 Å². The number of rotatable bonds is 4. The summed E-state index contributed by atoms with van der Waals surface area (Å²) in [7, 11) is 0. The average molecular weight is 237 g/mol. The molecule has 0 aliphatic carbocycles. The Hall–Kier alpha value is -1.32. The van der Waals surface area contributed by atoms with Gasteiger partial charge in [-0.2, -0.15) is 0 Å². The highest BCUT2D eigenvalue weighted by Crippen LogP contribution is 2.31. The summed E-state index contributed by atoms with van der Waals surface area (Å²) in [6.07, 6.45) is 1.55. The van der Waals surface area contributed by atoms with Crippen LogP contribution in [0.25, 0.3) is 0 Å². The van der Waals surface area contributed by atoms with Crippen LogP contribution in [0.5, 0.6) is 5.88 Å². The minimum atomic E-state index is -0.249. The van der Waals surface area contributed by atoms with E-state index in [4.69, 9.17) is 4.74 Å². The van der Waals surface area contributed by atoms with Crippen LogP contribution in [0.1, 0.15) is 53.0 Å². The molecule has 0 unspecified atom stereocenters. The van der Waals surface area contributed by atoms with Crippen molar-refractivity contribution in [3.63, 3.8) is 0 Å². The summed E-state index contributed by atoms with van der Waals surface area (Å²) < 4.78 is 5.89. The number of hydrogen-bond donors (Lipinski definition) is 1. The van der Waals surface area contributed by atoms with Gasteiger partial charge in [0, 0.05) is 6.54 Å². The molecular formula is C13H23N3O. The van der Waals surface area contributed by atoms with Crippen molar-refractivity contribution in [2.45, 2.75) is 53.1 Å². The third-order valence-corrected chi connectivity index (χ3v) is 2.17. The number of nitrogens with zero attached hydrogens (tertiary/aromatic N) is 2. The number of aromatic nitrogens is 2. The van der Waals surface area contributed by atoms with Gasteiger partial charge in [-0.3, -0.25) is 0 Å². The molecule has 0 saturated heterocycles. The van der Waals surface area contributed by atoms with E-state index in [2.05, 4.69) is 36.1 Å². The molecule has 1 heterocycles. The Labute approximate surface area is 104 Å². The van der Waals surface area contributed by atoms with E-state index in [1.165, 1.54) is 0 Å². The highest BCUT2D eigenvalue weighted by molar-refractivity contribution is 5.50. The summed E-state index contributed by atoms with van der Waals surface area (Å²) in [4.78, 5) is 8.53. The Morgan fingerprint density at radius 1 is 1.29 bits per heavy atom. The first kappa shape index (κ1) is 13.7. The van der Waals surface area contributed by atoms with Gasteiger partial charge in [0.25, 0.3) is 0 Å². The lowest BCUT2D eigenvalue weighted by Gasteiger charge is -2.24. The van der Waals surface area contributed by atoms with Crippen LogP contribution < -0.4 is 10.1 Å². The van der Waals surface area contributed by atoms with Crippen molar-refractivity contribution >= 4 is 5.82 Å². The molecule has 0 spiro atoms. The minimum absolute atomic E-state index is 0.249. The second-order valence-corrected chi connectivity index (χ2v) is 5.34. The largest absolute Gasteiger partial charge is 0.472 e. The van der Waals surface area contributed by atoms with Crippen molar-refractivity contribution in [2.24, 2.45) is 0 Å². The van der Waals surface area contributed by atoms with Gasteiger partial charge in [-0.15, -0.1) is 0 Å². The Morgan fingerprint density at radius 2 is 1.94 bits per heavy atom. The zero-order valence-electron chi connectivity index (χ0n) is 11.7. The zero-order valence-corrected chi connectivity index (χ0v) is 11.7. The standard InChI is InChI=1S/C13H23N3O/c1-7-14-11-10(9(2)3)12(16-8-15-11)17-13(4,5)6/h8-9H,7H2,1-6H3,(H,14,15,16). The molecule has 0 aliphatic rings. The quantitative estimate of drug-likeness (QED) is 0.873. The first-order valence-corrected chi connectivity index (χ1v) is 6.13. The topological polar surface area (TPSA) is 47.0 Å². The molecule has 0 aliphatic heterocycles. The van der Waals surface area contributed by atoms with Crippen molar-refractivity contribution < 1.29 is 4.74 Å². The van der Waals surface area contributed by atoms with Crippen LogP contribution in [0.3, 0.4) is 0 Å². The summed E-state index contributed by atoms with van der Waals surface area (Å²) >= 11 is 0. The van der Waals surface area contributed by atoms with Crippen LogP contribution >= 0.6 is 0 Å². The van der Waals surface area contributed by atoms with E-state index in [0.29, 0.717) is 11.8 Å². The van der Waals surface area contributed by atoms with Gasteiger partial charge in [-0.25, -0.2) is 9.97 Å². The SMILES string of the molecule is CCNc1ncnc(OC(C)(C)C)c1C(C)C. The normalized spacial score (nSPS) is 11.7. The lowest BCUT2D eigenvalue weighted by Crippen LogP contribution is -2.25. The first-order chi connectivity index (χ1) is 7.85. The lowest BCUT2D eigenvalue weighted by atomic mass is 10.0. The predicted octanol–water partition coefficient (Wildman–Crippen LogP) is 3.21. The molecule has 17 heavy (non-hydrogen) atoms. The molecule has 1 rings (SSSR count). The van der Waals surface area contributed by atoms with Crippen molar-refractivity contribution in [3.05, 3.63) is 11.9 Å². The maximum atomic E-state index is 5.89. The van der Waals surface area contributed by atoms with Gasteiger partial charge in [-0.05, 0) is 33.6 Å². The van der Waals surface area contributed by atoms with E-state index >= 15 is 0 Å². The second-order valence-electron chi connectivity index (χ2n) is 5.34. The Kier molecular flexibility index (Phi) is 4.32. The highest BCUT2D eigenvalue weighted by atomic mass is 16.5. The highest BCUT2D eigenvalue weighted by Gasteiger charge is 2.20. The molecule has 1 aromatic rings. The second kappa shape index (κ2) is 5.34. The monoisotopic (exact) mass is 237 g/mol. The van der Waals surface area contributed by atoms with E-state index in [9.17, 15) is 0 Å². The minimum Gasteiger partial charge on any atom is -0.472 e. The predicted molar refractivity (Wildman–Crippen MR) is 70.7 cm³/mol. The maximum absolute atomic E-state index is 5.89. The molecule has 4 nitrogen and oxygen atoms in total. The third kappa shape index (κ3) is 3.88. The van der Waals surface area contributed by atoms with Gasteiger partial charge in [0.1, 0.15) is 17.7 Å². The average Bonchev–Trinajstić information content (AvgIpc) is 2.15. The summed E-state index contributed by atoms with van der Waals surface area (Å²) in [6.45, 7) is 13.2. The Morgan fingerprint density at radius 3 is 2.41 bits per heavy atom. The molecular weight excluding hydrogens is 214 g/mol. The number of nitrogens with one attached hydrogen (secondary N) is 1.